The van der Waals surface area contributed by atoms with Crippen LogP contribution in [0.5, 0.6) is 0 Å². The van der Waals surface area contributed by atoms with E-state index in [1.807, 2.05) is 25.1 Å². The van der Waals surface area contributed by atoms with Gasteiger partial charge in [0.05, 0.1) is 21.3 Å². The summed E-state index contributed by atoms with van der Waals surface area (Å²) < 4.78 is 12.0. The topological polar surface area (TPSA) is 46.2 Å². The molecule has 0 saturated heterocycles. The monoisotopic (exact) mass is 321 g/mol. The van der Waals surface area contributed by atoms with E-state index in [0.717, 1.165) is 5.56 Å². The quantitative estimate of drug-likeness (QED) is 0.917. The molecule has 0 aliphatic rings. The number of halogens is 1. The molecule has 0 bridgehead atoms. The van der Waals surface area contributed by atoms with Crippen LogP contribution in [0.15, 0.2) is 53.4 Å². The summed E-state index contributed by atoms with van der Waals surface area (Å²) in [6, 6.07) is 14.3. The van der Waals surface area contributed by atoms with Crippen LogP contribution in [0.4, 0.5) is 0 Å². The van der Waals surface area contributed by atoms with Crippen molar-refractivity contribution in [2.75, 3.05) is 5.75 Å². The largest absolute Gasteiger partial charge is 0.348 e. The van der Waals surface area contributed by atoms with E-state index in [1.165, 1.54) is 0 Å². The van der Waals surface area contributed by atoms with E-state index in [2.05, 4.69) is 5.32 Å². The summed E-state index contributed by atoms with van der Waals surface area (Å²) >= 11 is 6.06. The number of hydrogen-bond acceptors (Lipinski definition) is 2. The second-order valence-corrected chi connectivity index (χ2v) is 6.52. The highest BCUT2D eigenvalue weighted by Gasteiger charge is 2.14. The summed E-state index contributed by atoms with van der Waals surface area (Å²) in [6.45, 7) is 2.17. The number of amides is 1. The van der Waals surface area contributed by atoms with E-state index in [0.29, 0.717) is 27.8 Å². The molecule has 2 aromatic rings. The number of nitrogens with one attached hydrogen (secondary N) is 1. The third kappa shape index (κ3) is 3.93. The van der Waals surface area contributed by atoms with Crippen molar-refractivity contribution in [1.82, 2.24) is 5.32 Å². The summed E-state index contributed by atoms with van der Waals surface area (Å²) in [5, 5.41) is 3.43. The van der Waals surface area contributed by atoms with Crippen molar-refractivity contribution in [3.63, 3.8) is 0 Å². The van der Waals surface area contributed by atoms with Gasteiger partial charge >= 0.3 is 0 Å². The first-order valence-corrected chi connectivity index (χ1v) is 8.32. The zero-order valence-corrected chi connectivity index (χ0v) is 13.2. The number of hydrogen-bond donors (Lipinski definition) is 1. The minimum atomic E-state index is -1.16. The zero-order valence-electron chi connectivity index (χ0n) is 11.6. The Morgan fingerprint density at radius 1 is 1.14 bits per heavy atom. The number of carbonyl (C=O) groups is 1. The SMILES string of the molecule is CC[S@](=O)c1ccccc1C(=O)NCc1ccccc1Cl. The molecule has 0 fully saturated rings. The van der Waals surface area contributed by atoms with E-state index >= 15 is 0 Å². The predicted octanol–water partition coefficient (Wildman–Crippen LogP) is 3.40. The molecule has 1 amide bonds. The maximum atomic E-state index is 12.3. The van der Waals surface area contributed by atoms with Crippen LogP contribution in [0, 0.1) is 0 Å². The summed E-state index contributed by atoms with van der Waals surface area (Å²) in [4.78, 5) is 12.8. The lowest BCUT2D eigenvalue weighted by atomic mass is 10.2. The maximum Gasteiger partial charge on any atom is 0.252 e. The molecule has 0 radical (unpaired) electrons. The fraction of sp³-hybridized carbons (Fsp3) is 0.188. The Hall–Kier alpha value is -1.65. The van der Waals surface area contributed by atoms with Crippen molar-refractivity contribution in [3.8, 4) is 0 Å². The van der Waals surface area contributed by atoms with E-state index < -0.39 is 10.8 Å². The van der Waals surface area contributed by atoms with E-state index in [-0.39, 0.29) is 5.91 Å². The second-order valence-electron chi connectivity index (χ2n) is 4.40. The Kier molecular flexibility index (Phi) is 5.53. The second kappa shape index (κ2) is 7.38. The lowest BCUT2D eigenvalue weighted by molar-refractivity contribution is 0.0948. The molecular weight excluding hydrogens is 306 g/mol. The maximum absolute atomic E-state index is 12.3. The Labute approximate surface area is 131 Å². The highest BCUT2D eigenvalue weighted by Crippen LogP contribution is 2.16. The standard InChI is InChI=1S/C16H16ClNO2S/c1-2-21(20)15-10-6-4-8-13(15)16(19)18-11-12-7-3-5-9-14(12)17/h3-10H,2,11H2,1H3,(H,18,19)/t21-/m0/s1. The molecule has 0 aliphatic heterocycles. The molecule has 0 aliphatic carbocycles. The summed E-state index contributed by atoms with van der Waals surface area (Å²) in [5.74, 6) is 0.238. The molecular formula is C16H16ClNO2S. The van der Waals surface area contributed by atoms with Crippen molar-refractivity contribution >= 4 is 28.3 Å². The molecule has 2 aromatic carbocycles. The minimum absolute atomic E-state index is 0.243. The van der Waals surface area contributed by atoms with Gasteiger partial charge in [-0.1, -0.05) is 48.9 Å². The summed E-state index contributed by atoms with van der Waals surface area (Å²) in [7, 11) is -1.16. The highest BCUT2D eigenvalue weighted by atomic mass is 35.5. The molecule has 0 spiro atoms. The molecule has 0 aromatic heterocycles. The minimum Gasteiger partial charge on any atom is -0.348 e. The van der Waals surface area contributed by atoms with Gasteiger partial charge in [0.15, 0.2) is 0 Å². The molecule has 1 N–H and O–H groups in total. The normalized spacial score (nSPS) is 11.9. The zero-order chi connectivity index (χ0) is 15.2. The van der Waals surface area contributed by atoms with E-state index in [4.69, 9.17) is 11.6 Å². The van der Waals surface area contributed by atoms with Crippen LogP contribution in [0.1, 0.15) is 22.8 Å². The number of benzene rings is 2. The fourth-order valence-corrected chi connectivity index (χ4v) is 3.07. The van der Waals surface area contributed by atoms with Crippen molar-refractivity contribution in [2.24, 2.45) is 0 Å². The van der Waals surface area contributed by atoms with E-state index in [9.17, 15) is 9.00 Å². The van der Waals surface area contributed by atoms with Gasteiger partial charge < -0.3 is 5.32 Å². The number of rotatable bonds is 5. The Morgan fingerprint density at radius 3 is 2.52 bits per heavy atom. The first-order chi connectivity index (χ1) is 10.1. The van der Waals surface area contributed by atoms with Crippen LogP contribution in [0.2, 0.25) is 5.02 Å². The van der Waals surface area contributed by atoms with Crippen LogP contribution in [-0.4, -0.2) is 15.9 Å². The van der Waals surface area contributed by atoms with Gasteiger partial charge in [0.2, 0.25) is 0 Å². The van der Waals surface area contributed by atoms with Gasteiger partial charge in [0.1, 0.15) is 0 Å². The van der Waals surface area contributed by atoms with Crippen molar-refractivity contribution in [2.45, 2.75) is 18.4 Å². The average molecular weight is 322 g/mol. The van der Waals surface area contributed by atoms with Crippen LogP contribution in [0.3, 0.4) is 0 Å². The molecule has 21 heavy (non-hydrogen) atoms. The van der Waals surface area contributed by atoms with Crippen molar-refractivity contribution in [3.05, 3.63) is 64.7 Å². The molecule has 110 valence electrons. The molecule has 0 unspecified atom stereocenters. The van der Waals surface area contributed by atoms with Gasteiger partial charge in [-0.2, -0.15) is 0 Å². The summed E-state index contributed by atoms with van der Waals surface area (Å²) in [6.07, 6.45) is 0. The van der Waals surface area contributed by atoms with Crippen LogP contribution in [0.25, 0.3) is 0 Å². The Morgan fingerprint density at radius 2 is 1.81 bits per heavy atom. The molecule has 1 atom stereocenters. The summed E-state index contributed by atoms with van der Waals surface area (Å²) in [5.41, 5.74) is 1.30. The molecule has 5 heteroatoms. The van der Waals surface area contributed by atoms with Crippen LogP contribution < -0.4 is 5.32 Å². The first kappa shape index (κ1) is 15.7. The Bertz CT molecular complexity index is 673. The number of carbonyl (C=O) groups excluding carboxylic acids is 1. The smallest absolute Gasteiger partial charge is 0.252 e. The van der Waals surface area contributed by atoms with Gasteiger partial charge in [-0.05, 0) is 23.8 Å². The fourth-order valence-electron chi connectivity index (χ4n) is 1.92. The van der Waals surface area contributed by atoms with E-state index in [1.54, 1.807) is 30.3 Å². The van der Waals surface area contributed by atoms with Gasteiger partial charge in [0.25, 0.3) is 5.91 Å². The molecule has 0 saturated carbocycles. The van der Waals surface area contributed by atoms with Crippen LogP contribution >= 0.6 is 11.6 Å². The molecule has 2 rings (SSSR count). The lowest BCUT2D eigenvalue weighted by Gasteiger charge is -2.10. The highest BCUT2D eigenvalue weighted by molar-refractivity contribution is 7.85. The average Bonchev–Trinajstić information content (AvgIpc) is 2.53. The van der Waals surface area contributed by atoms with Crippen molar-refractivity contribution in [1.29, 1.82) is 0 Å². The third-order valence-electron chi connectivity index (χ3n) is 3.04. The molecule has 0 heterocycles. The third-order valence-corrected chi connectivity index (χ3v) is 4.78. The van der Waals surface area contributed by atoms with Crippen LogP contribution in [-0.2, 0) is 17.3 Å². The van der Waals surface area contributed by atoms with Gasteiger partial charge in [0, 0.05) is 17.3 Å². The van der Waals surface area contributed by atoms with Gasteiger partial charge in [-0.15, -0.1) is 0 Å². The Balaban J connectivity index is 2.14. The first-order valence-electron chi connectivity index (χ1n) is 6.62. The lowest BCUT2D eigenvalue weighted by Crippen LogP contribution is -2.24. The molecule has 3 nitrogen and oxygen atoms in total. The van der Waals surface area contributed by atoms with Crippen molar-refractivity contribution < 1.29 is 9.00 Å². The van der Waals surface area contributed by atoms with Gasteiger partial charge in [-0.3, -0.25) is 9.00 Å². The van der Waals surface area contributed by atoms with Gasteiger partial charge in [-0.25, -0.2) is 0 Å². The predicted molar refractivity (Wildman–Crippen MR) is 86.0 cm³/mol.